The van der Waals surface area contributed by atoms with Crippen molar-refractivity contribution in [2.75, 3.05) is 6.54 Å². The molecule has 4 aromatic rings. The fraction of sp³-hybridized carbons (Fsp3) is 0.280. The molecule has 33 heavy (non-hydrogen) atoms. The first-order valence-corrected chi connectivity index (χ1v) is 11.7. The third-order valence-corrected chi connectivity index (χ3v) is 7.17. The van der Waals surface area contributed by atoms with E-state index in [1.54, 1.807) is 16.8 Å². The molecular formula is C25H23N7S. The maximum atomic E-state index is 9.61. The van der Waals surface area contributed by atoms with Crippen LogP contribution in [0.4, 0.5) is 0 Å². The molecule has 3 aromatic heterocycles. The second kappa shape index (κ2) is 8.40. The molecule has 0 unspecified atom stereocenters. The predicted molar refractivity (Wildman–Crippen MR) is 127 cm³/mol. The van der Waals surface area contributed by atoms with Crippen LogP contribution in [0.2, 0.25) is 0 Å². The molecular weight excluding hydrogens is 430 g/mol. The van der Waals surface area contributed by atoms with Crippen LogP contribution in [0.3, 0.4) is 0 Å². The summed E-state index contributed by atoms with van der Waals surface area (Å²) in [4.78, 5) is 1.72. The third kappa shape index (κ3) is 4.11. The average Bonchev–Trinajstić information content (AvgIpc) is 3.46. The Morgan fingerprint density at radius 2 is 1.85 bits per heavy atom. The Bertz CT molecular complexity index is 1420. The van der Waals surface area contributed by atoms with Crippen LogP contribution in [0.1, 0.15) is 43.9 Å². The van der Waals surface area contributed by atoms with E-state index in [2.05, 4.69) is 58.4 Å². The van der Waals surface area contributed by atoms with Gasteiger partial charge in [0.15, 0.2) is 0 Å². The first-order chi connectivity index (χ1) is 16.0. The quantitative estimate of drug-likeness (QED) is 0.477. The first-order valence-electron chi connectivity index (χ1n) is 10.9. The number of nitrogens with one attached hydrogen (secondary N) is 1. The molecule has 5 rings (SSSR count). The van der Waals surface area contributed by atoms with Gasteiger partial charge in [0.05, 0.1) is 35.1 Å². The predicted octanol–water partition coefficient (Wildman–Crippen LogP) is 4.80. The van der Waals surface area contributed by atoms with Gasteiger partial charge in [-0.05, 0) is 51.4 Å². The van der Waals surface area contributed by atoms with Crippen LogP contribution in [-0.2, 0) is 0 Å². The van der Waals surface area contributed by atoms with Gasteiger partial charge in [0.2, 0.25) is 0 Å². The summed E-state index contributed by atoms with van der Waals surface area (Å²) in [6, 6.07) is 14.4. The zero-order valence-electron chi connectivity index (χ0n) is 18.5. The van der Waals surface area contributed by atoms with E-state index in [-0.39, 0.29) is 5.54 Å². The summed E-state index contributed by atoms with van der Waals surface area (Å²) in [6.45, 7) is 5.43. The van der Waals surface area contributed by atoms with Crippen LogP contribution >= 0.6 is 11.8 Å². The number of nitrogens with zero attached hydrogens (tertiary/aromatic N) is 6. The highest BCUT2D eigenvalue weighted by atomic mass is 32.2. The molecule has 0 saturated carbocycles. The van der Waals surface area contributed by atoms with E-state index in [0.717, 1.165) is 45.8 Å². The lowest BCUT2D eigenvalue weighted by Crippen LogP contribution is -2.46. The maximum Gasteiger partial charge on any atom is 0.103 e. The number of nitriles is 2. The molecule has 1 saturated heterocycles. The molecule has 0 radical (unpaired) electrons. The summed E-state index contributed by atoms with van der Waals surface area (Å²) in [5, 5.41) is 31.8. The van der Waals surface area contributed by atoms with Gasteiger partial charge in [-0.3, -0.25) is 4.68 Å². The summed E-state index contributed by atoms with van der Waals surface area (Å²) < 4.78 is 3.82. The molecule has 0 amide bonds. The smallest absolute Gasteiger partial charge is 0.103 e. The lowest BCUT2D eigenvalue weighted by atomic mass is 9.89. The molecule has 164 valence electrons. The van der Waals surface area contributed by atoms with Gasteiger partial charge >= 0.3 is 0 Å². The molecule has 8 heteroatoms. The Labute approximate surface area is 196 Å². The van der Waals surface area contributed by atoms with Gasteiger partial charge in [-0.2, -0.15) is 20.7 Å². The molecule has 0 spiro atoms. The van der Waals surface area contributed by atoms with Crippen LogP contribution in [-0.4, -0.2) is 31.5 Å². The largest absolute Gasteiger partial charge is 0.312 e. The molecule has 0 aliphatic carbocycles. The Morgan fingerprint density at radius 1 is 1.03 bits per heavy atom. The van der Waals surface area contributed by atoms with Crippen LogP contribution < -0.4 is 5.32 Å². The second-order valence-corrected chi connectivity index (χ2v) is 10.0. The second-order valence-electron chi connectivity index (χ2n) is 8.93. The van der Waals surface area contributed by atoms with Gasteiger partial charge < -0.3 is 5.32 Å². The summed E-state index contributed by atoms with van der Waals surface area (Å²) in [5.41, 5.74) is 3.90. The topological polar surface area (TPSA) is 94.7 Å². The number of aromatic nitrogens is 4. The lowest BCUT2D eigenvalue weighted by molar-refractivity contribution is 0.221. The third-order valence-electron chi connectivity index (χ3n) is 6.06. The Morgan fingerprint density at radius 3 is 2.64 bits per heavy atom. The number of piperidine rings is 1. The van der Waals surface area contributed by atoms with Gasteiger partial charge in [-0.1, -0.05) is 23.9 Å². The highest BCUT2D eigenvalue weighted by Gasteiger charge is 2.29. The number of fused-ring (bicyclic) bond motifs is 1. The van der Waals surface area contributed by atoms with Crippen molar-refractivity contribution < 1.29 is 0 Å². The van der Waals surface area contributed by atoms with Crippen molar-refractivity contribution in [1.29, 1.82) is 10.5 Å². The minimum atomic E-state index is 0.0919. The Hall–Kier alpha value is -3.59. The van der Waals surface area contributed by atoms with Gasteiger partial charge in [0.25, 0.3) is 0 Å². The highest BCUT2D eigenvalue weighted by molar-refractivity contribution is 7.99. The molecule has 0 bridgehead atoms. The summed E-state index contributed by atoms with van der Waals surface area (Å²) in [5.74, 6) is 0. The first kappa shape index (κ1) is 21.3. The van der Waals surface area contributed by atoms with Gasteiger partial charge in [0.1, 0.15) is 12.1 Å². The fourth-order valence-electron chi connectivity index (χ4n) is 4.42. The Balaban J connectivity index is 1.56. The van der Waals surface area contributed by atoms with E-state index in [9.17, 15) is 10.5 Å². The monoisotopic (exact) mass is 453 g/mol. The Kier molecular flexibility index (Phi) is 5.41. The molecule has 1 N–H and O–H groups in total. The standard InChI is InChI=1S/C25H23N7S/c1-25(2)10-21(7-8-28-25)31-16-20(14-29-31)18-9-23(24-19(12-27)13-30-32(24)15-18)33-22-6-4-3-5-17(22)11-26/h3-6,9,13-16,21,28H,7-8,10H2,1-2H3/t21-/m0/s1. The number of pyridine rings is 1. The van der Waals surface area contributed by atoms with E-state index >= 15 is 0 Å². The van der Waals surface area contributed by atoms with E-state index < -0.39 is 0 Å². The zero-order valence-corrected chi connectivity index (χ0v) is 19.3. The number of benzene rings is 1. The molecule has 1 fully saturated rings. The summed E-state index contributed by atoms with van der Waals surface area (Å²) >= 11 is 1.48. The highest BCUT2D eigenvalue weighted by Crippen LogP contribution is 2.37. The van der Waals surface area contributed by atoms with Crippen molar-refractivity contribution in [2.24, 2.45) is 0 Å². The van der Waals surface area contributed by atoms with Crippen molar-refractivity contribution >= 4 is 17.3 Å². The van der Waals surface area contributed by atoms with Crippen molar-refractivity contribution in [3.63, 3.8) is 0 Å². The van der Waals surface area contributed by atoms with E-state index in [0.29, 0.717) is 17.2 Å². The van der Waals surface area contributed by atoms with Gasteiger partial charge in [-0.15, -0.1) is 0 Å². The normalized spacial score (nSPS) is 17.5. The van der Waals surface area contributed by atoms with Gasteiger partial charge in [-0.25, -0.2) is 4.52 Å². The van der Waals surface area contributed by atoms with E-state index in [4.69, 9.17) is 0 Å². The van der Waals surface area contributed by atoms with Crippen molar-refractivity contribution in [1.82, 2.24) is 24.7 Å². The van der Waals surface area contributed by atoms with Crippen LogP contribution in [0.5, 0.6) is 0 Å². The minimum Gasteiger partial charge on any atom is -0.312 e. The van der Waals surface area contributed by atoms with Crippen molar-refractivity contribution in [2.45, 2.75) is 48.1 Å². The SMILES string of the molecule is CC1(C)C[C@@H](n2cc(-c3cc(Sc4ccccc4C#N)c4c(C#N)cnn4c3)cn2)CCN1. The van der Waals surface area contributed by atoms with Crippen LogP contribution in [0, 0.1) is 22.7 Å². The maximum absolute atomic E-state index is 9.61. The zero-order chi connectivity index (χ0) is 23.0. The molecule has 7 nitrogen and oxygen atoms in total. The molecule has 1 aliphatic heterocycles. The molecule has 1 atom stereocenters. The van der Waals surface area contributed by atoms with E-state index in [1.165, 1.54) is 11.8 Å². The van der Waals surface area contributed by atoms with Crippen molar-refractivity contribution in [3.05, 3.63) is 66.2 Å². The lowest BCUT2D eigenvalue weighted by Gasteiger charge is -2.36. The number of hydrogen-bond donors (Lipinski definition) is 1. The van der Waals surface area contributed by atoms with Crippen molar-refractivity contribution in [3.8, 4) is 23.3 Å². The molecule has 4 heterocycles. The molecule has 1 aromatic carbocycles. The number of rotatable bonds is 4. The average molecular weight is 454 g/mol. The fourth-order valence-corrected chi connectivity index (χ4v) is 5.51. The number of hydrogen-bond acceptors (Lipinski definition) is 6. The van der Waals surface area contributed by atoms with Crippen LogP contribution in [0.15, 0.2) is 64.9 Å². The summed E-state index contributed by atoms with van der Waals surface area (Å²) in [7, 11) is 0. The van der Waals surface area contributed by atoms with Gasteiger partial charge in [0, 0.05) is 38.9 Å². The van der Waals surface area contributed by atoms with Crippen LogP contribution in [0.25, 0.3) is 16.6 Å². The summed E-state index contributed by atoms with van der Waals surface area (Å²) in [6.07, 6.45) is 9.57. The minimum absolute atomic E-state index is 0.0919. The molecule has 1 aliphatic rings. The van der Waals surface area contributed by atoms with E-state index in [1.807, 2.05) is 30.6 Å².